The zero-order chi connectivity index (χ0) is 11.4. The molecule has 0 spiro atoms. The van der Waals surface area contributed by atoms with Gasteiger partial charge in [-0.15, -0.1) is 0 Å². The minimum Gasteiger partial charge on any atom is -0.498 e. The lowest BCUT2D eigenvalue weighted by Gasteiger charge is -2.22. The summed E-state index contributed by atoms with van der Waals surface area (Å²) in [4.78, 5) is 0. The van der Waals surface area contributed by atoms with Crippen LogP contribution in [0.15, 0.2) is 35.1 Å². The minimum atomic E-state index is -0.728. The van der Waals surface area contributed by atoms with Crippen LogP contribution in [0.1, 0.15) is 20.3 Å². The topological polar surface area (TPSA) is 49.7 Å². The smallest absolute Gasteiger partial charge is 0.132 e. The molecule has 15 heavy (non-hydrogen) atoms. The van der Waals surface area contributed by atoms with Gasteiger partial charge in [0, 0.05) is 0 Å². The fourth-order valence-corrected chi connectivity index (χ4v) is 1.48. The monoisotopic (exact) mass is 210 g/mol. The van der Waals surface area contributed by atoms with Gasteiger partial charge in [-0.3, -0.25) is 0 Å². The summed E-state index contributed by atoms with van der Waals surface area (Å²) in [7, 11) is 1.49. The Hall–Kier alpha value is -1.06. The Morgan fingerprint density at radius 1 is 1.40 bits per heavy atom. The van der Waals surface area contributed by atoms with Crippen LogP contribution in [0.25, 0.3) is 0 Å². The first-order valence-corrected chi connectivity index (χ1v) is 5.00. The Morgan fingerprint density at radius 3 is 2.60 bits per heavy atom. The highest BCUT2D eigenvalue weighted by Gasteiger charge is 2.22. The van der Waals surface area contributed by atoms with Gasteiger partial charge in [0.2, 0.25) is 0 Å². The van der Waals surface area contributed by atoms with Crippen molar-refractivity contribution < 1.29 is 14.9 Å². The van der Waals surface area contributed by atoms with E-state index in [9.17, 15) is 10.2 Å². The van der Waals surface area contributed by atoms with Gasteiger partial charge in [0.15, 0.2) is 0 Å². The molecule has 2 unspecified atom stereocenters. The van der Waals surface area contributed by atoms with Crippen molar-refractivity contribution in [2.24, 2.45) is 0 Å². The fourth-order valence-electron chi connectivity index (χ4n) is 1.48. The molecule has 1 aliphatic carbocycles. The zero-order valence-corrected chi connectivity index (χ0v) is 9.40. The molecule has 1 aliphatic rings. The largest absolute Gasteiger partial charge is 0.498 e. The van der Waals surface area contributed by atoms with Gasteiger partial charge < -0.3 is 14.9 Å². The van der Waals surface area contributed by atoms with Crippen molar-refractivity contribution in [3.63, 3.8) is 0 Å². The molecule has 84 valence electrons. The molecule has 0 heterocycles. The summed E-state index contributed by atoms with van der Waals surface area (Å²) in [5, 5.41) is 19.4. The Balaban J connectivity index is 2.77. The maximum Gasteiger partial charge on any atom is 0.132 e. The number of allylic oxidation sites excluding steroid dienone is 2. The molecule has 0 aliphatic heterocycles. The van der Waals surface area contributed by atoms with E-state index in [0.717, 1.165) is 5.57 Å². The van der Waals surface area contributed by atoms with Crippen molar-refractivity contribution >= 4 is 0 Å². The van der Waals surface area contributed by atoms with Crippen LogP contribution < -0.4 is 0 Å². The number of ether oxygens (including phenoxy) is 1. The van der Waals surface area contributed by atoms with E-state index in [1.54, 1.807) is 6.08 Å². The molecule has 0 aromatic heterocycles. The van der Waals surface area contributed by atoms with Gasteiger partial charge in [0.25, 0.3) is 0 Å². The standard InChI is InChI=1S/C12H18O3/c1-8(2)4-5-9-6-10(13)7-11(15-3)12(9)14/h4,6-7,10,12-14H,5H2,1-3H3. The SMILES string of the molecule is COC1=CC(O)C=C(CC=C(C)C)C1O. The zero-order valence-electron chi connectivity index (χ0n) is 9.40. The van der Waals surface area contributed by atoms with Gasteiger partial charge in [-0.05, 0) is 38.0 Å². The van der Waals surface area contributed by atoms with Gasteiger partial charge in [-0.2, -0.15) is 0 Å². The minimum absolute atomic E-state index is 0.419. The molecular formula is C12H18O3. The van der Waals surface area contributed by atoms with Crippen molar-refractivity contribution in [3.8, 4) is 0 Å². The third-order valence-electron chi connectivity index (χ3n) is 2.32. The van der Waals surface area contributed by atoms with E-state index < -0.39 is 12.2 Å². The molecule has 0 aromatic rings. The first kappa shape index (κ1) is 12.0. The van der Waals surface area contributed by atoms with Gasteiger partial charge >= 0.3 is 0 Å². The molecule has 0 aromatic carbocycles. The van der Waals surface area contributed by atoms with Crippen LogP contribution in [-0.2, 0) is 4.74 Å². The maximum absolute atomic E-state index is 9.86. The molecule has 3 nitrogen and oxygen atoms in total. The molecule has 1 rings (SSSR count). The lowest BCUT2D eigenvalue weighted by Crippen LogP contribution is -2.22. The summed E-state index contributed by atoms with van der Waals surface area (Å²) >= 11 is 0. The lowest BCUT2D eigenvalue weighted by atomic mass is 9.96. The molecule has 0 radical (unpaired) electrons. The molecule has 0 saturated heterocycles. The van der Waals surface area contributed by atoms with Crippen LogP contribution in [0.5, 0.6) is 0 Å². The van der Waals surface area contributed by atoms with Crippen molar-refractivity contribution in [3.05, 3.63) is 35.1 Å². The number of hydrogen-bond acceptors (Lipinski definition) is 3. The van der Waals surface area contributed by atoms with E-state index in [1.807, 2.05) is 19.9 Å². The van der Waals surface area contributed by atoms with Crippen LogP contribution in [0.2, 0.25) is 0 Å². The van der Waals surface area contributed by atoms with Crippen molar-refractivity contribution in [1.29, 1.82) is 0 Å². The van der Waals surface area contributed by atoms with Crippen molar-refractivity contribution in [2.45, 2.75) is 32.5 Å². The number of rotatable bonds is 3. The average Bonchev–Trinajstić information content (AvgIpc) is 2.18. The Morgan fingerprint density at radius 2 is 2.07 bits per heavy atom. The second-order valence-electron chi connectivity index (χ2n) is 3.89. The molecule has 0 bridgehead atoms. The van der Waals surface area contributed by atoms with E-state index in [2.05, 4.69) is 0 Å². The number of methoxy groups -OCH3 is 1. The fraction of sp³-hybridized carbons (Fsp3) is 0.500. The Bertz CT molecular complexity index is 309. The van der Waals surface area contributed by atoms with Gasteiger partial charge in [-0.25, -0.2) is 0 Å². The van der Waals surface area contributed by atoms with Gasteiger partial charge in [0.1, 0.15) is 11.9 Å². The first-order chi connectivity index (χ1) is 7.04. The quantitative estimate of drug-likeness (QED) is 0.695. The molecule has 0 amide bonds. The van der Waals surface area contributed by atoms with E-state index in [0.29, 0.717) is 12.2 Å². The molecular weight excluding hydrogens is 192 g/mol. The summed E-state index contributed by atoms with van der Waals surface area (Å²) < 4.78 is 5.00. The van der Waals surface area contributed by atoms with Crippen molar-refractivity contribution in [2.75, 3.05) is 7.11 Å². The van der Waals surface area contributed by atoms with E-state index >= 15 is 0 Å². The van der Waals surface area contributed by atoms with Gasteiger partial charge in [-0.1, -0.05) is 11.6 Å². The first-order valence-electron chi connectivity index (χ1n) is 5.00. The van der Waals surface area contributed by atoms with Crippen LogP contribution in [0, 0.1) is 0 Å². The Kier molecular flexibility index (Phi) is 4.12. The third kappa shape index (κ3) is 3.22. The normalized spacial score (nSPS) is 25.4. The van der Waals surface area contributed by atoms with Crippen LogP contribution in [-0.4, -0.2) is 29.5 Å². The Labute approximate surface area is 90.4 Å². The van der Waals surface area contributed by atoms with E-state index in [-0.39, 0.29) is 0 Å². The number of hydrogen-bond donors (Lipinski definition) is 2. The summed E-state index contributed by atoms with van der Waals surface area (Å²) in [6.07, 6.45) is 4.43. The number of aliphatic hydroxyl groups is 2. The predicted molar refractivity (Wildman–Crippen MR) is 59.2 cm³/mol. The summed E-state index contributed by atoms with van der Waals surface area (Å²) in [5.41, 5.74) is 1.97. The molecule has 2 atom stereocenters. The van der Waals surface area contributed by atoms with Crippen LogP contribution in [0.4, 0.5) is 0 Å². The highest BCUT2D eigenvalue weighted by atomic mass is 16.5. The summed E-state index contributed by atoms with van der Waals surface area (Å²) in [6, 6.07) is 0. The lowest BCUT2D eigenvalue weighted by molar-refractivity contribution is 0.136. The van der Waals surface area contributed by atoms with Crippen LogP contribution in [0.3, 0.4) is 0 Å². The molecule has 0 fully saturated rings. The predicted octanol–water partition coefficient (Wildman–Crippen LogP) is 1.53. The number of aliphatic hydroxyl groups excluding tert-OH is 2. The maximum atomic E-state index is 9.86. The average molecular weight is 210 g/mol. The summed E-state index contributed by atoms with van der Waals surface area (Å²) in [5.74, 6) is 0.419. The molecule has 2 N–H and O–H groups in total. The van der Waals surface area contributed by atoms with E-state index in [4.69, 9.17) is 4.74 Å². The highest BCUT2D eigenvalue weighted by molar-refractivity contribution is 5.30. The van der Waals surface area contributed by atoms with Gasteiger partial charge in [0.05, 0.1) is 13.2 Å². The summed E-state index contributed by atoms with van der Waals surface area (Å²) in [6.45, 7) is 4.00. The molecule has 3 heteroatoms. The second kappa shape index (κ2) is 5.14. The third-order valence-corrected chi connectivity index (χ3v) is 2.32. The highest BCUT2D eigenvalue weighted by Crippen LogP contribution is 2.23. The molecule has 0 saturated carbocycles. The van der Waals surface area contributed by atoms with Crippen LogP contribution >= 0.6 is 0 Å². The van der Waals surface area contributed by atoms with E-state index in [1.165, 1.54) is 18.8 Å². The second-order valence-corrected chi connectivity index (χ2v) is 3.89. The van der Waals surface area contributed by atoms with Crippen molar-refractivity contribution in [1.82, 2.24) is 0 Å².